The van der Waals surface area contributed by atoms with Gasteiger partial charge in [0.1, 0.15) is 0 Å². The van der Waals surface area contributed by atoms with Crippen molar-refractivity contribution >= 4 is 5.91 Å². The van der Waals surface area contributed by atoms with Crippen molar-refractivity contribution in [2.45, 2.75) is 39.7 Å². The first-order chi connectivity index (χ1) is 6.50. The van der Waals surface area contributed by atoms with Crippen LogP contribution in [0.5, 0.6) is 0 Å². The molecule has 14 heavy (non-hydrogen) atoms. The molecule has 3 heteroatoms. The lowest BCUT2D eigenvalue weighted by atomic mass is 10.0. The van der Waals surface area contributed by atoms with Crippen LogP contribution in [0.4, 0.5) is 0 Å². The summed E-state index contributed by atoms with van der Waals surface area (Å²) >= 11 is 0. The third kappa shape index (κ3) is 2.98. The van der Waals surface area contributed by atoms with Crippen LogP contribution in [0.1, 0.15) is 33.6 Å². The van der Waals surface area contributed by atoms with Gasteiger partial charge in [-0.1, -0.05) is 13.8 Å². The lowest BCUT2D eigenvalue weighted by molar-refractivity contribution is -0.131. The molecule has 1 amide bonds. The standard InChI is InChI=1S/C11H22N2O/c1-8(2)6-11(14)13-5-4-10(7-13)9(3)12/h8-10H,4-7,12H2,1-3H3. The van der Waals surface area contributed by atoms with E-state index in [4.69, 9.17) is 5.73 Å². The predicted molar refractivity (Wildman–Crippen MR) is 57.8 cm³/mol. The number of carbonyl (C=O) groups excluding carboxylic acids is 1. The molecule has 0 bridgehead atoms. The molecule has 0 aliphatic carbocycles. The fourth-order valence-electron chi connectivity index (χ4n) is 1.92. The quantitative estimate of drug-likeness (QED) is 0.741. The number of likely N-dealkylation sites (tertiary alicyclic amines) is 1. The van der Waals surface area contributed by atoms with Crippen molar-refractivity contribution < 1.29 is 4.79 Å². The van der Waals surface area contributed by atoms with Gasteiger partial charge in [0.2, 0.25) is 5.91 Å². The van der Waals surface area contributed by atoms with Crippen molar-refractivity contribution in [3.05, 3.63) is 0 Å². The summed E-state index contributed by atoms with van der Waals surface area (Å²) in [5.41, 5.74) is 5.82. The average Bonchev–Trinajstić information content (AvgIpc) is 2.50. The molecule has 0 aromatic rings. The molecule has 1 saturated heterocycles. The van der Waals surface area contributed by atoms with Crippen LogP contribution in [0, 0.1) is 11.8 Å². The number of amides is 1. The van der Waals surface area contributed by atoms with E-state index in [0.717, 1.165) is 19.5 Å². The fraction of sp³-hybridized carbons (Fsp3) is 0.909. The molecule has 2 unspecified atom stereocenters. The average molecular weight is 198 g/mol. The summed E-state index contributed by atoms with van der Waals surface area (Å²) in [4.78, 5) is 13.7. The molecule has 0 radical (unpaired) electrons. The summed E-state index contributed by atoms with van der Waals surface area (Å²) in [5, 5.41) is 0. The van der Waals surface area contributed by atoms with E-state index < -0.39 is 0 Å². The van der Waals surface area contributed by atoms with Crippen molar-refractivity contribution in [1.29, 1.82) is 0 Å². The van der Waals surface area contributed by atoms with Crippen LogP contribution >= 0.6 is 0 Å². The Balaban J connectivity index is 2.38. The summed E-state index contributed by atoms with van der Waals surface area (Å²) in [6, 6.07) is 0.215. The predicted octanol–water partition coefficient (Wildman–Crippen LogP) is 1.23. The minimum absolute atomic E-state index is 0.215. The van der Waals surface area contributed by atoms with E-state index in [-0.39, 0.29) is 6.04 Å². The first-order valence-electron chi connectivity index (χ1n) is 5.54. The highest BCUT2D eigenvalue weighted by molar-refractivity contribution is 5.76. The minimum Gasteiger partial charge on any atom is -0.342 e. The third-order valence-corrected chi connectivity index (χ3v) is 2.90. The molecule has 1 heterocycles. The number of nitrogens with zero attached hydrogens (tertiary/aromatic N) is 1. The van der Waals surface area contributed by atoms with Gasteiger partial charge in [0.05, 0.1) is 0 Å². The largest absolute Gasteiger partial charge is 0.342 e. The minimum atomic E-state index is 0.215. The second-order valence-corrected chi connectivity index (χ2v) is 4.85. The van der Waals surface area contributed by atoms with Gasteiger partial charge < -0.3 is 10.6 Å². The Morgan fingerprint density at radius 3 is 2.57 bits per heavy atom. The molecule has 2 atom stereocenters. The Hall–Kier alpha value is -0.570. The van der Waals surface area contributed by atoms with Crippen LogP contribution in [-0.2, 0) is 4.79 Å². The third-order valence-electron chi connectivity index (χ3n) is 2.90. The molecule has 2 N–H and O–H groups in total. The van der Waals surface area contributed by atoms with Gasteiger partial charge >= 0.3 is 0 Å². The van der Waals surface area contributed by atoms with Crippen LogP contribution in [-0.4, -0.2) is 29.9 Å². The zero-order valence-corrected chi connectivity index (χ0v) is 9.49. The van der Waals surface area contributed by atoms with E-state index in [1.807, 2.05) is 11.8 Å². The Morgan fingerprint density at radius 2 is 2.14 bits per heavy atom. The Labute approximate surface area is 86.6 Å². The smallest absolute Gasteiger partial charge is 0.222 e. The summed E-state index contributed by atoms with van der Waals surface area (Å²) < 4.78 is 0. The fourth-order valence-corrected chi connectivity index (χ4v) is 1.92. The lowest BCUT2D eigenvalue weighted by Crippen LogP contribution is -2.33. The zero-order chi connectivity index (χ0) is 10.7. The maximum Gasteiger partial charge on any atom is 0.222 e. The molecule has 82 valence electrons. The van der Waals surface area contributed by atoms with Crippen molar-refractivity contribution in [3.63, 3.8) is 0 Å². The highest BCUT2D eigenvalue weighted by atomic mass is 16.2. The molecule has 0 spiro atoms. The number of nitrogens with two attached hydrogens (primary N) is 1. The van der Waals surface area contributed by atoms with Gasteiger partial charge in [-0.05, 0) is 25.2 Å². The Morgan fingerprint density at radius 1 is 1.50 bits per heavy atom. The van der Waals surface area contributed by atoms with E-state index in [0.29, 0.717) is 24.2 Å². The van der Waals surface area contributed by atoms with E-state index >= 15 is 0 Å². The van der Waals surface area contributed by atoms with Crippen molar-refractivity contribution in [2.24, 2.45) is 17.6 Å². The van der Waals surface area contributed by atoms with Gasteiger partial charge in [0.15, 0.2) is 0 Å². The van der Waals surface area contributed by atoms with E-state index in [2.05, 4.69) is 13.8 Å². The van der Waals surface area contributed by atoms with Crippen molar-refractivity contribution in [2.75, 3.05) is 13.1 Å². The van der Waals surface area contributed by atoms with Gasteiger partial charge in [-0.25, -0.2) is 0 Å². The van der Waals surface area contributed by atoms with E-state index in [1.54, 1.807) is 0 Å². The van der Waals surface area contributed by atoms with E-state index in [9.17, 15) is 4.79 Å². The summed E-state index contributed by atoms with van der Waals surface area (Å²) in [6.45, 7) is 7.95. The molecular weight excluding hydrogens is 176 g/mol. The summed E-state index contributed by atoms with van der Waals surface area (Å²) in [6.07, 6.45) is 1.74. The topological polar surface area (TPSA) is 46.3 Å². The maximum atomic E-state index is 11.7. The van der Waals surface area contributed by atoms with Gasteiger partial charge in [-0.2, -0.15) is 0 Å². The van der Waals surface area contributed by atoms with Crippen molar-refractivity contribution in [3.8, 4) is 0 Å². The molecule has 1 fully saturated rings. The number of carbonyl (C=O) groups is 1. The highest BCUT2D eigenvalue weighted by Crippen LogP contribution is 2.20. The number of hydrogen-bond donors (Lipinski definition) is 1. The molecule has 1 rings (SSSR count). The molecule has 0 saturated carbocycles. The number of hydrogen-bond acceptors (Lipinski definition) is 2. The first-order valence-corrected chi connectivity index (χ1v) is 5.54. The van der Waals surface area contributed by atoms with Crippen LogP contribution in [0.25, 0.3) is 0 Å². The normalized spacial score (nSPS) is 24.4. The van der Waals surface area contributed by atoms with Crippen molar-refractivity contribution in [1.82, 2.24) is 4.90 Å². The molecule has 0 aromatic heterocycles. The highest BCUT2D eigenvalue weighted by Gasteiger charge is 2.28. The second kappa shape index (κ2) is 4.78. The second-order valence-electron chi connectivity index (χ2n) is 4.85. The van der Waals surface area contributed by atoms with Gasteiger partial charge in [-0.3, -0.25) is 4.79 Å². The molecule has 3 nitrogen and oxygen atoms in total. The molecule has 1 aliphatic rings. The van der Waals surface area contributed by atoms with Crippen LogP contribution in [0.2, 0.25) is 0 Å². The van der Waals surface area contributed by atoms with Gasteiger partial charge in [-0.15, -0.1) is 0 Å². The Bertz CT molecular complexity index is 201. The summed E-state index contributed by atoms with van der Waals surface area (Å²) in [5.74, 6) is 1.26. The number of rotatable bonds is 3. The molecule has 0 aromatic carbocycles. The zero-order valence-electron chi connectivity index (χ0n) is 9.49. The lowest BCUT2D eigenvalue weighted by Gasteiger charge is -2.19. The van der Waals surface area contributed by atoms with Gasteiger partial charge in [0, 0.05) is 25.6 Å². The SMILES string of the molecule is CC(C)CC(=O)N1CCC(C(C)N)C1. The maximum absolute atomic E-state index is 11.7. The van der Waals surface area contributed by atoms with Gasteiger partial charge in [0.25, 0.3) is 0 Å². The van der Waals surface area contributed by atoms with Crippen LogP contribution in [0.15, 0.2) is 0 Å². The van der Waals surface area contributed by atoms with Crippen LogP contribution < -0.4 is 5.73 Å². The first kappa shape index (κ1) is 11.5. The van der Waals surface area contributed by atoms with E-state index in [1.165, 1.54) is 0 Å². The van der Waals surface area contributed by atoms with Crippen LogP contribution in [0.3, 0.4) is 0 Å². The monoisotopic (exact) mass is 198 g/mol. The molecule has 1 aliphatic heterocycles. The summed E-state index contributed by atoms with van der Waals surface area (Å²) in [7, 11) is 0. The Kier molecular flexibility index (Phi) is 3.93. The molecular formula is C11H22N2O.